The number of aromatic amines is 1. The van der Waals surface area contributed by atoms with Gasteiger partial charge in [-0.3, -0.25) is 0 Å². The summed E-state index contributed by atoms with van der Waals surface area (Å²) in [6, 6.07) is 14.6. The molecule has 1 aromatic heterocycles. The van der Waals surface area contributed by atoms with Crippen molar-refractivity contribution in [3.05, 3.63) is 59.2 Å². The van der Waals surface area contributed by atoms with Gasteiger partial charge in [0.25, 0.3) is 0 Å². The third-order valence-corrected chi connectivity index (χ3v) is 3.24. The van der Waals surface area contributed by atoms with Crippen molar-refractivity contribution in [3.63, 3.8) is 0 Å². The Balaban J connectivity index is 1.83. The number of rotatable bonds is 3. The minimum absolute atomic E-state index is 0.136. The maximum absolute atomic E-state index is 9.62. The number of fused-ring (bicyclic) bond motifs is 1. The normalized spacial score (nSPS) is 10.8. The van der Waals surface area contributed by atoms with Gasteiger partial charge in [0.05, 0.1) is 5.69 Å². The van der Waals surface area contributed by atoms with Crippen LogP contribution in [0.1, 0.15) is 5.69 Å². The SMILES string of the molecule is Oc1ccccc1OCc1cc2c(Cl)cccc2[nH]1. The molecule has 19 heavy (non-hydrogen) atoms. The lowest BCUT2D eigenvalue weighted by atomic mass is 10.2. The van der Waals surface area contributed by atoms with Crippen molar-refractivity contribution in [1.82, 2.24) is 4.98 Å². The number of hydrogen-bond donors (Lipinski definition) is 2. The molecule has 1 heterocycles. The Kier molecular flexibility index (Phi) is 3.05. The van der Waals surface area contributed by atoms with Gasteiger partial charge in [0, 0.05) is 15.9 Å². The van der Waals surface area contributed by atoms with E-state index >= 15 is 0 Å². The summed E-state index contributed by atoms with van der Waals surface area (Å²) in [5.74, 6) is 0.601. The molecule has 0 radical (unpaired) electrons. The number of ether oxygens (including phenoxy) is 1. The van der Waals surface area contributed by atoms with Gasteiger partial charge in [-0.15, -0.1) is 0 Å². The van der Waals surface area contributed by atoms with E-state index in [1.807, 2.05) is 30.3 Å². The minimum atomic E-state index is 0.136. The molecule has 0 fully saturated rings. The smallest absolute Gasteiger partial charge is 0.161 e. The number of aromatic hydroxyl groups is 1. The van der Waals surface area contributed by atoms with Crippen molar-refractivity contribution in [2.24, 2.45) is 0 Å². The van der Waals surface area contributed by atoms with Crippen LogP contribution in [-0.4, -0.2) is 10.1 Å². The van der Waals surface area contributed by atoms with E-state index in [1.165, 1.54) is 0 Å². The summed E-state index contributed by atoms with van der Waals surface area (Å²) in [5, 5.41) is 11.3. The van der Waals surface area contributed by atoms with Gasteiger partial charge in [-0.1, -0.05) is 29.8 Å². The molecule has 3 aromatic rings. The molecule has 3 nitrogen and oxygen atoms in total. The Morgan fingerprint density at radius 1 is 1.11 bits per heavy atom. The Morgan fingerprint density at radius 2 is 1.95 bits per heavy atom. The number of benzene rings is 2. The zero-order chi connectivity index (χ0) is 13.2. The van der Waals surface area contributed by atoms with Crippen molar-refractivity contribution < 1.29 is 9.84 Å². The van der Waals surface area contributed by atoms with E-state index in [4.69, 9.17) is 16.3 Å². The number of aromatic nitrogens is 1. The Labute approximate surface area is 115 Å². The van der Waals surface area contributed by atoms with E-state index in [2.05, 4.69) is 4.98 Å². The molecule has 0 aliphatic heterocycles. The van der Waals surface area contributed by atoms with Gasteiger partial charge in [0.1, 0.15) is 6.61 Å². The summed E-state index contributed by atoms with van der Waals surface area (Å²) in [5.41, 5.74) is 1.88. The maximum Gasteiger partial charge on any atom is 0.161 e. The molecule has 0 unspecified atom stereocenters. The molecule has 0 aliphatic rings. The van der Waals surface area contributed by atoms with Gasteiger partial charge >= 0.3 is 0 Å². The highest BCUT2D eigenvalue weighted by Crippen LogP contribution is 2.27. The molecule has 0 spiro atoms. The molecule has 3 rings (SSSR count). The number of H-pyrrole nitrogens is 1. The minimum Gasteiger partial charge on any atom is -0.504 e. The summed E-state index contributed by atoms with van der Waals surface area (Å²) < 4.78 is 5.57. The van der Waals surface area contributed by atoms with E-state index in [0.717, 1.165) is 16.6 Å². The van der Waals surface area contributed by atoms with Crippen LogP contribution in [0.4, 0.5) is 0 Å². The molecule has 2 N–H and O–H groups in total. The number of nitrogens with one attached hydrogen (secondary N) is 1. The van der Waals surface area contributed by atoms with Gasteiger partial charge in [-0.05, 0) is 30.3 Å². The predicted octanol–water partition coefficient (Wildman–Crippen LogP) is 4.11. The van der Waals surface area contributed by atoms with E-state index in [-0.39, 0.29) is 5.75 Å². The molecule has 0 saturated carbocycles. The summed E-state index contributed by atoms with van der Waals surface area (Å²) in [4.78, 5) is 3.24. The van der Waals surface area contributed by atoms with Crippen LogP contribution in [0.5, 0.6) is 11.5 Å². The van der Waals surface area contributed by atoms with Crippen LogP contribution in [0.15, 0.2) is 48.5 Å². The summed E-state index contributed by atoms with van der Waals surface area (Å²) in [6.07, 6.45) is 0. The quantitative estimate of drug-likeness (QED) is 0.754. The number of halogens is 1. The molecular weight excluding hydrogens is 262 g/mol. The number of phenolic OH excluding ortho intramolecular Hbond substituents is 1. The first-order valence-corrected chi connectivity index (χ1v) is 6.29. The van der Waals surface area contributed by atoms with Crippen molar-refractivity contribution >= 4 is 22.5 Å². The lowest BCUT2D eigenvalue weighted by Gasteiger charge is -2.05. The Morgan fingerprint density at radius 3 is 2.74 bits per heavy atom. The highest BCUT2D eigenvalue weighted by molar-refractivity contribution is 6.35. The molecule has 0 aliphatic carbocycles. The zero-order valence-electron chi connectivity index (χ0n) is 10.1. The monoisotopic (exact) mass is 273 g/mol. The molecule has 0 bridgehead atoms. The van der Waals surface area contributed by atoms with E-state index in [0.29, 0.717) is 17.4 Å². The summed E-state index contributed by atoms with van der Waals surface area (Å²) >= 11 is 6.11. The van der Waals surface area contributed by atoms with Crippen molar-refractivity contribution in [3.8, 4) is 11.5 Å². The molecule has 0 atom stereocenters. The highest BCUT2D eigenvalue weighted by atomic mass is 35.5. The fourth-order valence-corrected chi connectivity index (χ4v) is 2.22. The predicted molar refractivity (Wildman–Crippen MR) is 75.7 cm³/mol. The van der Waals surface area contributed by atoms with Crippen LogP contribution in [-0.2, 0) is 6.61 Å². The van der Waals surface area contributed by atoms with Crippen LogP contribution in [0, 0.1) is 0 Å². The van der Waals surface area contributed by atoms with Gasteiger partial charge in [0.2, 0.25) is 0 Å². The van der Waals surface area contributed by atoms with E-state index < -0.39 is 0 Å². The van der Waals surface area contributed by atoms with E-state index in [1.54, 1.807) is 18.2 Å². The molecule has 96 valence electrons. The topological polar surface area (TPSA) is 45.2 Å². The second-order valence-electron chi connectivity index (χ2n) is 4.25. The van der Waals surface area contributed by atoms with E-state index in [9.17, 15) is 5.11 Å². The van der Waals surface area contributed by atoms with Crippen LogP contribution >= 0.6 is 11.6 Å². The van der Waals surface area contributed by atoms with Gasteiger partial charge in [-0.2, -0.15) is 0 Å². The van der Waals surface area contributed by atoms with Crippen LogP contribution < -0.4 is 4.74 Å². The third kappa shape index (κ3) is 2.37. The maximum atomic E-state index is 9.62. The third-order valence-electron chi connectivity index (χ3n) is 2.92. The standard InChI is InChI=1S/C15H12ClNO2/c16-12-4-3-5-13-11(12)8-10(17-13)9-19-15-7-2-1-6-14(15)18/h1-8,17-18H,9H2. The fourth-order valence-electron chi connectivity index (χ4n) is 1.99. The van der Waals surface area contributed by atoms with Gasteiger partial charge in [0.15, 0.2) is 11.5 Å². The highest BCUT2D eigenvalue weighted by Gasteiger charge is 2.06. The zero-order valence-corrected chi connectivity index (χ0v) is 10.8. The summed E-state index contributed by atoms with van der Waals surface area (Å²) in [6.45, 7) is 0.350. The first kappa shape index (κ1) is 11.9. The van der Waals surface area contributed by atoms with Crippen LogP contribution in [0.25, 0.3) is 10.9 Å². The first-order valence-electron chi connectivity index (χ1n) is 5.91. The van der Waals surface area contributed by atoms with Crippen LogP contribution in [0.3, 0.4) is 0 Å². The molecular formula is C15H12ClNO2. The Hall–Kier alpha value is -2.13. The first-order chi connectivity index (χ1) is 9.24. The fraction of sp³-hybridized carbons (Fsp3) is 0.0667. The second-order valence-corrected chi connectivity index (χ2v) is 4.66. The van der Waals surface area contributed by atoms with Crippen molar-refractivity contribution in [2.45, 2.75) is 6.61 Å². The largest absolute Gasteiger partial charge is 0.504 e. The van der Waals surface area contributed by atoms with Crippen molar-refractivity contribution in [2.75, 3.05) is 0 Å². The molecule has 4 heteroatoms. The number of phenols is 1. The number of hydrogen-bond acceptors (Lipinski definition) is 2. The lowest BCUT2D eigenvalue weighted by molar-refractivity contribution is 0.286. The molecule has 2 aromatic carbocycles. The molecule has 0 amide bonds. The van der Waals surface area contributed by atoms with Gasteiger partial charge in [-0.25, -0.2) is 0 Å². The van der Waals surface area contributed by atoms with Crippen LogP contribution in [0.2, 0.25) is 5.02 Å². The second kappa shape index (κ2) is 4.86. The van der Waals surface area contributed by atoms with Gasteiger partial charge < -0.3 is 14.8 Å². The lowest BCUT2D eigenvalue weighted by Crippen LogP contribution is -1.95. The average Bonchev–Trinajstić information content (AvgIpc) is 2.82. The average molecular weight is 274 g/mol. The number of para-hydroxylation sites is 2. The molecule has 0 saturated heterocycles. The van der Waals surface area contributed by atoms with Crippen molar-refractivity contribution in [1.29, 1.82) is 0 Å². The summed E-state index contributed by atoms with van der Waals surface area (Å²) in [7, 11) is 0. The Bertz CT molecular complexity index is 721.